The topological polar surface area (TPSA) is 47.3 Å². The van der Waals surface area contributed by atoms with Crippen LogP contribution in [0.1, 0.15) is 43.4 Å². The molecule has 3 rings (SSSR count). The van der Waals surface area contributed by atoms with E-state index in [4.69, 9.17) is 5.26 Å². The van der Waals surface area contributed by atoms with E-state index in [1.807, 2.05) is 12.1 Å². The van der Waals surface area contributed by atoms with Crippen molar-refractivity contribution in [3.8, 4) is 6.07 Å². The van der Waals surface area contributed by atoms with Gasteiger partial charge in [-0.25, -0.2) is 0 Å². The summed E-state index contributed by atoms with van der Waals surface area (Å²) in [5, 5.41) is 18.9. The van der Waals surface area contributed by atoms with Crippen molar-refractivity contribution in [1.29, 1.82) is 5.26 Å². The molecule has 0 aromatic heterocycles. The number of hydrogen-bond acceptors (Lipinski definition) is 3. The van der Waals surface area contributed by atoms with Crippen molar-refractivity contribution >= 4 is 5.69 Å². The minimum absolute atomic E-state index is 0.480. The normalized spacial score (nSPS) is 27.3. The minimum Gasteiger partial charge on any atom is -0.389 e. The summed E-state index contributed by atoms with van der Waals surface area (Å²) >= 11 is 0. The summed E-state index contributed by atoms with van der Waals surface area (Å²) < 4.78 is 0. The second-order valence-electron chi connectivity index (χ2n) is 5.55. The standard InChI is InChI=1S/C15H18N2O/c1-10(18)14-5-3-11(8-16)7-15(14)17-9-12-2-4-13(17)6-12/h3,5,7,10,12-13,18H,2,4,6,9H2,1H3/t10-,12?,13?/m1/s1. The molecule has 1 saturated carbocycles. The molecule has 0 radical (unpaired) electrons. The average molecular weight is 242 g/mol. The summed E-state index contributed by atoms with van der Waals surface area (Å²) in [6.07, 6.45) is 3.38. The Morgan fingerprint density at radius 1 is 1.44 bits per heavy atom. The summed E-state index contributed by atoms with van der Waals surface area (Å²) in [4.78, 5) is 2.40. The lowest BCUT2D eigenvalue weighted by Crippen LogP contribution is -2.32. The molecule has 1 aliphatic carbocycles. The Labute approximate surface area is 108 Å². The van der Waals surface area contributed by atoms with E-state index in [0.29, 0.717) is 11.6 Å². The van der Waals surface area contributed by atoms with Gasteiger partial charge in [0.05, 0.1) is 17.7 Å². The molecule has 3 atom stereocenters. The summed E-state index contributed by atoms with van der Waals surface area (Å²) in [5.41, 5.74) is 2.69. The number of anilines is 1. The second-order valence-corrected chi connectivity index (χ2v) is 5.55. The van der Waals surface area contributed by atoms with E-state index >= 15 is 0 Å². The van der Waals surface area contributed by atoms with Gasteiger partial charge in [-0.1, -0.05) is 6.07 Å². The molecule has 0 amide bonds. The van der Waals surface area contributed by atoms with E-state index in [1.165, 1.54) is 19.3 Å². The number of nitrogens with zero attached hydrogens (tertiary/aromatic N) is 2. The van der Waals surface area contributed by atoms with Crippen LogP contribution in [-0.2, 0) is 0 Å². The fourth-order valence-corrected chi connectivity index (χ4v) is 3.43. The van der Waals surface area contributed by atoms with Crippen LogP contribution in [0.2, 0.25) is 0 Å². The molecule has 18 heavy (non-hydrogen) atoms. The van der Waals surface area contributed by atoms with Crippen molar-refractivity contribution in [3.05, 3.63) is 29.3 Å². The zero-order valence-corrected chi connectivity index (χ0v) is 10.6. The van der Waals surface area contributed by atoms with Crippen molar-refractivity contribution in [2.45, 2.75) is 38.3 Å². The molecule has 94 valence electrons. The van der Waals surface area contributed by atoms with E-state index in [2.05, 4.69) is 11.0 Å². The van der Waals surface area contributed by atoms with Gasteiger partial charge < -0.3 is 10.0 Å². The van der Waals surface area contributed by atoms with Crippen molar-refractivity contribution in [2.75, 3.05) is 11.4 Å². The number of fused-ring (bicyclic) bond motifs is 2. The third-order valence-corrected chi connectivity index (χ3v) is 4.33. The fourth-order valence-electron chi connectivity index (χ4n) is 3.43. The lowest BCUT2D eigenvalue weighted by Gasteiger charge is -2.31. The Hall–Kier alpha value is -1.53. The zero-order chi connectivity index (χ0) is 12.7. The average Bonchev–Trinajstić information content (AvgIpc) is 3.00. The second kappa shape index (κ2) is 4.29. The fraction of sp³-hybridized carbons (Fsp3) is 0.533. The Kier molecular flexibility index (Phi) is 2.76. The van der Waals surface area contributed by atoms with Crippen LogP contribution < -0.4 is 4.90 Å². The number of piperidine rings is 1. The van der Waals surface area contributed by atoms with Gasteiger partial charge in [0.1, 0.15) is 0 Å². The highest BCUT2D eigenvalue weighted by Crippen LogP contribution is 2.42. The molecular formula is C15H18N2O. The molecule has 3 heteroatoms. The highest BCUT2D eigenvalue weighted by atomic mass is 16.3. The van der Waals surface area contributed by atoms with Gasteiger partial charge in [-0.2, -0.15) is 5.26 Å². The van der Waals surface area contributed by atoms with E-state index in [9.17, 15) is 5.11 Å². The molecule has 2 aliphatic rings. The van der Waals surface area contributed by atoms with Crippen LogP contribution in [0.5, 0.6) is 0 Å². The predicted molar refractivity (Wildman–Crippen MR) is 70.3 cm³/mol. The highest BCUT2D eigenvalue weighted by molar-refractivity contribution is 5.60. The van der Waals surface area contributed by atoms with Crippen molar-refractivity contribution < 1.29 is 5.11 Å². The van der Waals surface area contributed by atoms with Crippen LogP contribution >= 0.6 is 0 Å². The lowest BCUT2D eigenvalue weighted by atomic mass is 10.0. The van der Waals surface area contributed by atoms with E-state index < -0.39 is 6.10 Å². The number of nitriles is 1. The largest absolute Gasteiger partial charge is 0.389 e. The first-order valence-electron chi connectivity index (χ1n) is 6.68. The molecule has 3 nitrogen and oxygen atoms in total. The maximum absolute atomic E-state index is 9.89. The molecule has 1 aromatic rings. The quantitative estimate of drug-likeness (QED) is 0.867. The van der Waals surface area contributed by atoms with Gasteiger partial charge in [0.2, 0.25) is 0 Å². The molecule has 1 aliphatic heterocycles. The van der Waals surface area contributed by atoms with Crippen LogP contribution in [0.15, 0.2) is 18.2 Å². The van der Waals surface area contributed by atoms with Crippen molar-refractivity contribution in [2.24, 2.45) is 5.92 Å². The number of benzene rings is 1. The van der Waals surface area contributed by atoms with Gasteiger partial charge in [-0.05, 0) is 44.2 Å². The van der Waals surface area contributed by atoms with Crippen LogP contribution in [0.25, 0.3) is 0 Å². The summed E-state index contributed by atoms with van der Waals surface area (Å²) in [6, 6.07) is 8.42. The first-order valence-corrected chi connectivity index (χ1v) is 6.68. The van der Waals surface area contributed by atoms with Crippen molar-refractivity contribution in [1.82, 2.24) is 0 Å². The molecular weight excluding hydrogens is 224 g/mol. The number of rotatable bonds is 2. The third-order valence-electron chi connectivity index (χ3n) is 4.33. The van der Waals surface area contributed by atoms with Crippen LogP contribution in [0.4, 0.5) is 5.69 Å². The Morgan fingerprint density at radius 2 is 2.28 bits per heavy atom. The molecule has 1 aromatic carbocycles. The monoisotopic (exact) mass is 242 g/mol. The van der Waals surface area contributed by atoms with E-state index in [1.54, 1.807) is 13.0 Å². The highest BCUT2D eigenvalue weighted by Gasteiger charge is 2.38. The van der Waals surface area contributed by atoms with Gasteiger partial charge in [0.25, 0.3) is 0 Å². The van der Waals surface area contributed by atoms with Gasteiger partial charge in [0.15, 0.2) is 0 Å². The zero-order valence-electron chi connectivity index (χ0n) is 10.6. The lowest BCUT2D eigenvalue weighted by molar-refractivity contribution is 0.199. The van der Waals surface area contributed by atoms with Gasteiger partial charge in [-0.15, -0.1) is 0 Å². The first-order chi connectivity index (χ1) is 8.69. The molecule has 2 fully saturated rings. The smallest absolute Gasteiger partial charge is 0.0992 e. The molecule has 0 spiro atoms. The molecule has 1 saturated heterocycles. The summed E-state index contributed by atoms with van der Waals surface area (Å²) in [7, 11) is 0. The number of aliphatic hydroxyl groups is 1. The Balaban J connectivity index is 2.01. The third kappa shape index (κ3) is 1.77. The van der Waals surface area contributed by atoms with Crippen LogP contribution in [0, 0.1) is 17.2 Å². The maximum atomic E-state index is 9.89. The molecule has 2 bridgehead atoms. The SMILES string of the molecule is C[C@@H](O)c1ccc(C#N)cc1N1CC2CCC1C2. The number of aliphatic hydroxyl groups excluding tert-OH is 1. The van der Waals surface area contributed by atoms with E-state index in [-0.39, 0.29) is 0 Å². The predicted octanol–water partition coefficient (Wildman–Crippen LogP) is 2.60. The Bertz CT molecular complexity index is 504. The van der Waals surface area contributed by atoms with Gasteiger partial charge in [-0.3, -0.25) is 0 Å². The summed E-state index contributed by atoms with van der Waals surface area (Å²) in [6.45, 7) is 2.87. The minimum atomic E-state index is -0.480. The first kappa shape index (κ1) is 11.6. The molecule has 2 unspecified atom stereocenters. The van der Waals surface area contributed by atoms with Crippen molar-refractivity contribution in [3.63, 3.8) is 0 Å². The van der Waals surface area contributed by atoms with Gasteiger partial charge >= 0.3 is 0 Å². The summed E-state index contributed by atoms with van der Waals surface area (Å²) in [5.74, 6) is 0.808. The number of hydrogen-bond donors (Lipinski definition) is 1. The van der Waals surface area contributed by atoms with E-state index in [0.717, 1.165) is 23.7 Å². The van der Waals surface area contributed by atoms with Crippen LogP contribution in [0.3, 0.4) is 0 Å². The van der Waals surface area contributed by atoms with Gasteiger partial charge in [0, 0.05) is 23.8 Å². The molecule has 1 N–H and O–H groups in total. The van der Waals surface area contributed by atoms with Crippen LogP contribution in [-0.4, -0.2) is 17.7 Å². The maximum Gasteiger partial charge on any atom is 0.0992 e. The molecule has 1 heterocycles. The Morgan fingerprint density at radius 3 is 2.83 bits per heavy atom.